The maximum atomic E-state index is 5.61. The molecule has 1 aliphatic rings. The van der Waals surface area contributed by atoms with Gasteiger partial charge >= 0.3 is 0 Å². The lowest BCUT2D eigenvalue weighted by Gasteiger charge is -2.18. The molecule has 0 saturated carbocycles. The summed E-state index contributed by atoms with van der Waals surface area (Å²) in [6.07, 6.45) is 3.14. The van der Waals surface area contributed by atoms with Crippen molar-refractivity contribution in [2.75, 3.05) is 0 Å². The Balaban J connectivity index is 2.48. The lowest BCUT2D eigenvalue weighted by molar-refractivity contribution is 0.190. The Kier molecular flexibility index (Phi) is 2.32. The van der Waals surface area contributed by atoms with Gasteiger partial charge in [0.2, 0.25) is 0 Å². The summed E-state index contributed by atoms with van der Waals surface area (Å²) < 4.78 is 5.61. The zero-order valence-electron chi connectivity index (χ0n) is 9.05. The molecule has 0 N–H and O–H groups in total. The Morgan fingerprint density at radius 1 is 1.21 bits per heavy atom. The van der Waals surface area contributed by atoms with Crippen LogP contribution in [-0.2, 0) is 11.3 Å². The molecule has 0 fully saturated rings. The van der Waals surface area contributed by atoms with Gasteiger partial charge in [-0.15, -0.1) is 0 Å². The fraction of sp³-hybridized carbons (Fsp3) is 0.385. The lowest BCUT2D eigenvalue weighted by atomic mass is 9.98. The van der Waals surface area contributed by atoms with Crippen LogP contribution >= 0.6 is 0 Å². The Bertz CT molecular complexity index is 388. The van der Waals surface area contributed by atoms with Crippen molar-refractivity contribution >= 4 is 6.08 Å². The van der Waals surface area contributed by atoms with Gasteiger partial charge in [-0.3, -0.25) is 0 Å². The third-order valence-electron chi connectivity index (χ3n) is 2.83. The highest BCUT2D eigenvalue weighted by atomic mass is 16.5. The van der Waals surface area contributed by atoms with Crippen LogP contribution in [0, 0.1) is 13.8 Å². The second-order valence-corrected chi connectivity index (χ2v) is 3.89. The van der Waals surface area contributed by atoms with E-state index in [9.17, 15) is 0 Å². The molecule has 0 saturated heterocycles. The minimum absolute atomic E-state index is 0.732. The Labute approximate surface area is 85.4 Å². The molecule has 1 nitrogen and oxygen atoms in total. The van der Waals surface area contributed by atoms with Crippen molar-refractivity contribution in [3.05, 3.63) is 40.1 Å². The van der Waals surface area contributed by atoms with Crippen LogP contribution in [0.1, 0.15) is 35.6 Å². The monoisotopic (exact) mass is 188 g/mol. The molecule has 0 aromatic heterocycles. The third kappa shape index (κ3) is 1.54. The van der Waals surface area contributed by atoms with Crippen LogP contribution < -0.4 is 0 Å². The van der Waals surface area contributed by atoms with Gasteiger partial charge in [-0.05, 0) is 42.2 Å². The average molecular weight is 188 g/mol. The highest BCUT2D eigenvalue weighted by molar-refractivity contribution is 5.59. The number of allylic oxidation sites excluding steroid dienone is 1. The van der Waals surface area contributed by atoms with Crippen LogP contribution in [0.25, 0.3) is 6.08 Å². The Morgan fingerprint density at radius 3 is 2.64 bits per heavy atom. The second-order valence-electron chi connectivity index (χ2n) is 3.89. The van der Waals surface area contributed by atoms with Crippen molar-refractivity contribution in [2.45, 2.75) is 33.8 Å². The molecule has 0 bridgehead atoms. The normalized spacial score (nSPS) is 14.4. The molecular formula is C13H16O. The first-order valence-electron chi connectivity index (χ1n) is 5.14. The molecular weight excluding hydrogens is 172 g/mol. The molecule has 0 spiro atoms. The molecule has 0 unspecified atom stereocenters. The zero-order valence-corrected chi connectivity index (χ0v) is 9.05. The van der Waals surface area contributed by atoms with Crippen molar-refractivity contribution in [1.82, 2.24) is 0 Å². The molecule has 14 heavy (non-hydrogen) atoms. The first-order chi connectivity index (χ1) is 6.70. The smallest absolute Gasteiger partial charge is 0.113 e. The number of fused-ring (bicyclic) bond motifs is 1. The van der Waals surface area contributed by atoms with Crippen LogP contribution in [0.15, 0.2) is 17.9 Å². The maximum absolute atomic E-state index is 5.61. The van der Waals surface area contributed by atoms with Crippen LogP contribution in [0.4, 0.5) is 0 Å². The van der Waals surface area contributed by atoms with E-state index >= 15 is 0 Å². The quantitative estimate of drug-likeness (QED) is 0.654. The van der Waals surface area contributed by atoms with E-state index < -0.39 is 0 Å². The average Bonchev–Trinajstić information content (AvgIpc) is 2.19. The standard InChI is InChI=1S/C13H16O/c1-4-13-7-11-5-9(2)10(3)6-12(11)8-14-13/h5-7H,4,8H2,1-3H3. The molecule has 1 heteroatoms. The van der Waals surface area contributed by atoms with Gasteiger partial charge in [-0.2, -0.15) is 0 Å². The number of rotatable bonds is 1. The molecule has 1 aliphatic heterocycles. The van der Waals surface area contributed by atoms with Gasteiger partial charge in [-0.25, -0.2) is 0 Å². The first-order valence-corrected chi connectivity index (χ1v) is 5.14. The molecule has 0 aliphatic carbocycles. The molecule has 1 heterocycles. The van der Waals surface area contributed by atoms with E-state index in [2.05, 4.69) is 39.0 Å². The van der Waals surface area contributed by atoms with E-state index in [0.717, 1.165) is 18.8 Å². The summed E-state index contributed by atoms with van der Waals surface area (Å²) in [7, 11) is 0. The number of aryl methyl sites for hydroxylation is 2. The largest absolute Gasteiger partial charge is 0.493 e. The number of benzene rings is 1. The summed E-state index contributed by atoms with van der Waals surface area (Å²) in [4.78, 5) is 0. The van der Waals surface area contributed by atoms with E-state index in [0.29, 0.717) is 0 Å². The van der Waals surface area contributed by atoms with Crippen molar-refractivity contribution in [3.8, 4) is 0 Å². The predicted molar refractivity (Wildman–Crippen MR) is 59.0 cm³/mol. The van der Waals surface area contributed by atoms with Gasteiger partial charge in [0, 0.05) is 6.42 Å². The second kappa shape index (κ2) is 3.49. The summed E-state index contributed by atoms with van der Waals surface area (Å²) in [5.74, 6) is 1.10. The van der Waals surface area contributed by atoms with Crippen molar-refractivity contribution in [1.29, 1.82) is 0 Å². The van der Waals surface area contributed by atoms with E-state index in [4.69, 9.17) is 4.74 Å². The minimum atomic E-state index is 0.732. The molecule has 2 rings (SSSR count). The summed E-state index contributed by atoms with van der Waals surface area (Å²) in [6.45, 7) is 7.16. The molecule has 1 aromatic rings. The molecule has 0 atom stereocenters. The third-order valence-corrected chi connectivity index (χ3v) is 2.83. The summed E-state index contributed by atoms with van der Waals surface area (Å²) in [5.41, 5.74) is 5.35. The van der Waals surface area contributed by atoms with E-state index in [1.807, 2.05) is 0 Å². The van der Waals surface area contributed by atoms with Crippen LogP contribution in [0.3, 0.4) is 0 Å². The van der Waals surface area contributed by atoms with E-state index in [1.165, 1.54) is 22.3 Å². The topological polar surface area (TPSA) is 9.23 Å². The van der Waals surface area contributed by atoms with Crippen molar-refractivity contribution in [3.63, 3.8) is 0 Å². The van der Waals surface area contributed by atoms with Gasteiger partial charge in [0.25, 0.3) is 0 Å². The summed E-state index contributed by atoms with van der Waals surface area (Å²) in [5, 5.41) is 0. The van der Waals surface area contributed by atoms with E-state index in [-0.39, 0.29) is 0 Å². The minimum Gasteiger partial charge on any atom is -0.493 e. The SMILES string of the molecule is CCC1=Cc2cc(C)c(C)cc2CO1. The van der Waals surface area contributed by atoms with Gasteiger partial charge < -0.3 is 4.74 Å². The lowest BCUT2D eigenvalue weighted by Crippen LogP contribution is -2.03. The first kappa shape index (κ1) is 9.32. The predicted octanol–water partition coefficient (Wildman–Crippen LogP) is 3.58. The fourth-order valence-electron chi connectivity index (χ4n) is 1.75. The van der Waals surface area contributed by atoms with Crippen LogP contribution in [0.2, 0.25) is 0 Å². The van der Waals surface area contributed by atoms with Gasteiger partial charge in [-0.1, -0.05) is 19.1 Å². The number of hydrogen-bond donors (Lipinski definition) is 0. The summed E-state index contributed by atoms with van der Waals surface area (Å²) in [6, 6.07) is 4.48. The molecule has 0 radical (unpaired) electrons. The fourth-order valence-corrected chi connectivity index (χ4v) is 1.75. The molecule has 1 aromatic carbocycles. The Hall–Kier alpha value is -1.24. The van der Waals surface area contributed by atoms with Gasteiger partial charge in [0.1, 0.15) is 6.61 Å². The maximum Gasteiger partial charge on any atom is 0.113 e. The van der Waals surface area contributed by atoms with Crippen molar-refractivity contribution in [2.24, 2.45) is 0 Å². The number of ether oxygens (including phenoxy) is 1. The Morgan fingerprint density at radius 2 is 1.93 bits per heavy atom. The van der Waals surface area contributed by atoms with Crippen LogP contribution in [0.5, 0.6) is 0 Å². The highest BCUT2D eigenvalue weighted by Crippen LogP contribution is 2.25. The highest BCUT2D eigenvalue weighted by Gasteiger charge is 2.10. The van der Waals surface area contributed by atoms with Gasteiger partial charge in [0.15, 0.2) is 0 Å². The van der Waals surface area contributed by atoms with Crippen LogP contribution in [-0.4, -0.2) is 0 Å². The number of hydrogen-bond acceptors (Lipinski definition) is 1. The zero-order chi connectivity index (χ0) is 10.1. The molecule has 74 valence electrons. The van der Waals surface area contributed by atoms with Crippen molar-refractivity contribution < 1.29 is 4.74 Å². The van der Waals surface area contributed by atoms with E-state index in [1.54, 1.807) is 0 Å². The molecule has 0 amide bonds. The van der Waals surface area contributed by atoms with Gasteiger partial charge in [0.05, 0.1) is 5.76 Å². The summed E-state index contributed by atoms with van der Waals surface area (Å²) >= 11 is 0.